The van der Waals surface area contributed by atoms with Gasteiger partial charge in [-0.1, -0.05) is 11.6 Å². The average molecular weight is 242 g/mol. The summed E-state index contributed by atoms with van der Waals surface area (Å²) in [4.78, 5) is 31.3. The molecule has 6 nitrogen and oxygen atoms in total. The number of amides is 1. The molecule has 84 valence electrons. The minimum Gasteiger partial charge on any atom is -0.481 e. The Hall–Kier alpha value is -1.69. The molecule has 1 aliphatic rings. The van der Waals surface area contributed by atoms with Crippen molar-refractivity contribution in [3.8, 4) is 0 Å². The number of carboxylic acid groups (broad SMARTS) is 1. The highest BCUT2D eigenvalue weighted by molar-refractivity contribution is 6.29. The third-order valence-corrected chi connectivity index (χ3v) is 2.55. The number of hydrogen-bond acceptors (Lipinski definition) is 4. The first-order chi connectivity index (χ1) is 7.58. The average Bonchev–Trinajstić information content (AvgIpc) is 2.62. The molecular weight excluding hydrogens is 234 g/mol. The largest absolute Gasteiger partial charge is 0.481 e. The number of aliphatic carboxylic acids is 1. The number of carbonyl (C=O) groups is 2. The zero-order valence-corrected chi connectivity index (χ0v) is 8.89. The molecule has 1 aliphatic heterocycles. The van der Waals surface area contributed by atoms with Crippen LogP contribution >= 0.6 is 11.6 Å². The highest BCUT2D eigenvalue weighted by Gasteiger charge is 2.35. The van der Waals surface area contributed by atoms with Crippen LogP contribution in [0.1, 0.15) is 6.42 Å². The molecular formula is C9H8ClN3O3. The molecule has 0 aromatic carbocycles. The zero-order chi connectivity index (χ0) is 11.7. The van der Waals surface area contributed by atoms with Crippen molar-refractivity contribution in [1.82, 2.24) is 9.97 Å². The molecule has 0 spiro atoms. The molecule has 2 heterocycles. The van der Waals surface area contributed by atoms with Gasteiger partial charge < -0.3 is 5.11 Å². The Labute approximate surface area is 95.9 Å². The molecule has 1 N–H and O–H groups in total. The van der Waals surface area contributed by atoms with Gasteiger partial charge in [-0.25, -0.2) is 9.97 Å². The van der Waals surface area contributed by atoms with Crippen molar-refractivity contribution in [2.24, 2.45) is 5.92 Å². The minimum atomic E-state index is -0.974. The van der Waals surface area contributed by atoms with Crippen LogP contribution in [0.4, 0.5) is 5.82 Å². The van der Waals surface area contributed by atoms with Crippen molar-refractivity contribution in [2.75, 3.05) is 11.4 Å². The summed E-state index contributed by atoms with van der Waals surface area (Å²) in [6.45, 7) is 0.129. The standard InChI is InChI=1S/C9H8ClN3O3/c10-6-2-12-7(3-11-6)13-4-5(9(15)16)1-8(13)14/h2-3,5H,1,4H2,(H,15,16). The Morgan fingerprint density at radius 1 is 1.50 bits per heavy atom. The van der Waals surface area contributed by atoms with Gasteiger partial charge in [-0.2, -0.15) is 0 Å². The number of carboxylic acids is 1. The lowest BCUT2D eigenvalue weighted by atomic mass is 10.1. The van der Waals surface area contributed by atoms with E-state index in [-0.39, 0.29) is 24.0 Å². The Balaban J connectivity index is 2.20. The predicted octanol–water partition coefficient (Wildman–Crippen LogP) is 0.568. The number of nitrogens with zero attached hydrogens (tertiary/aromatic N) is 3. The summed E-state index contributed by atoms with van der Waals surface area (Å²) < 4.78 is 0. The fourth-order valence-electron chi connectivity index (χ4n) is 1.54. The van der Waals surface area contributed by atoms with Crippen LogP contribution in [0.25, 0.3) is 0 Å². The van der Waals surface area contributed by atoms with Crippen molar-refractivity contribution in [3.05, 3.63) is 17.5 Å². The van der Waals surface area contributed by atoms with Crippen LogP contribution in [0.3, 0.4) is 0 Å². The van der Waals surface area contributed by atoms with E-state index in [1.165, 1.54) is 17.3 Å². The Kier molecular flexibility index (Phi) is 2.74. The van der Waals surface area contributed by atoms with Crippen LogP contribution in [0.2, 0.25) is 5.15 Å². The molecule has 7 heteroatoms. The second-order valence-electron chi connectivity index (χ2n) is 3.44. The van der Waals surface area contributed by atoms with E-state index in [2.05, 4.69) is 9.97 Å². The van der Waals surface area contributed by atoms with Crippen molar-refractivity contribution in [2.45, 2.75) is 6.42 Å². The number of aromatic nitrogens is 2. The second-order valence-corrected chi connectivity index (χ2v) is 3.83. The van der Waals surface area contributed by atoms with E-state index in [9.17, 15) is 9.59 Å². The summed E-state index contributed by atoms with van der Waals surface area (Å²) in [6.07, 6.45) is 2.67. The summed E-state index contributed by atoms with van der Waals surface area (Å²) in [5, 5.41) is 9.03. The van der Waals surface area contributed by atoms with E-state index in [4.69, 9.17) is 16.7 Å². The molecule has 1 aromatic rings. The van der Waals surface area contributed by atoms with Gasteiger partial charge >= 0.3 is 5.97 Å². The highest BCUT2D eigenvalue weighted by Crippen LogP contribution is 2.23. The van der Waals surface area contributed by atoms with Gasteiger partial charge in [-0.3, -0.25) is 14.5 Å². The van der Waals surface area contributed by atoms with Crippen LogP contribution in [0.15, 0.2) is 12.4 Å². The van der Waals surface area contributed by atoms with Gasteiger partial charge in [0.1, 0.15) is 5.15 Å². The maximum Gasteiger partial charge on any atom is 0.308 e. The first-order valence-corrected chi connectivity index (χ1v) is 4.96. The maximum atomic E-state index is 11.5. The summed E-state index contributed by atoms with van der Waals surface area (Å²) >= 11 is 5.56. The van der Waals surface area contributed by atoms with Crippen LogP contribution in [0, 0.1) is 5.92 Å². The van der Waals surface area contributed by atoms with Gasteiger partial charge in [0.25, 0.3) is 0 Å². The lowest BCUT2D eigenvalue weighted by Gasteiger charge is -2.13. The number of hydrogen-bond donors (Lipinski definition) is 1. The lowest BCUT2D eigenvalue weighted by Crippen LogP contribution is -2.26. The van der Waals surface area contributed by atoms with Crippen LogP contribution in [0.5, 0.6) is 0 Å². The summed E-state index contributed by atoms with van der Waals surface area (Å²) in [6, 6.07) is 0. The molecule has 0 aliphatic carbocycles. The fraction of sp³-hybridized carbons (Fsp3) is 0.333. The van der Waals surface area contributed by atoms with E-state index >= 15 is 0 Å². The molecule has 0 bridgehead atoms. The zero-order valence-electron chi connectivity index (χ0n) is 8.13. The first-order valence-electron chi connectivity index (χ1n) is 4.58. The van der Waals surface area contributed by atoms with E-state index < -0.39 is 11.9 Å². The minimum absolute atomic E-state index is 0.000357. The molecule has 2 rings (SSSR count). The Morgan fingerprint density at radius 3 is 2.75 bits per heavy atom. The van der Waals surface area contributed by atoms with Gasteiger partial charge in [-0.05, 0) is 0 Å². The highest BCUT2D eigenvalue weighted by atomic mass is 35.5. The van der Waals surface area contributed by atoms with E-state index in [0.717, 1.165) is 0 Å². The summed E-state index contributed by atoms with van der Waals surface area (Å²) in [5.74, 6) is -1.58. The SMILES string of the molecule is O=C(O)C1CC(=O)N(c2cnc(Cl)cn2)C1. The fourth-order valence-corrected chi connectivity index (χ4v) is 1.64. The third-order valence-electron chi connectivity index (χ3n) is 2.36. The number of halogens is 1. The molecule has 16 heavy (non-hydrogen) atoms. The molecule has 0 radical (unpaired) electrons. The molecule has 1 amide bonds. The maximum absolute atomic E-state index is 11.5. The number of rotatable bonds is 2. The smallest absolute Gasteiger partial charge is 0.308 e. The molecule has 1 fully saturated rings. The van der Waals surface area contributed by atoms with Crippen molar-refractivity contribution in [1.29, 1.82) is 0 Å². The van der Waals surface area contributed by atoms with Crippen LogP contribution in [-0.2, 0) is 9.59 Å². The predicted molar refractivity (Wildman–Crippen MR) is 55.1 cm³/mol. The summed E-state index contributed by atoms with van der Waals surface area (Å²) in [5.41, 5.74) is 0. The second kappa shape index (κ2) is 4.05. The molecule has 0 saturated carbocycles. The van der Waals surface area contributed by atoms with Gasteiger partial charge in [0.05, 0.1) is 18.3 Å². The molecule has 1 atom stereocenters. The topological polar surface area (TPSA) is 83.4 Å². The summed E-state index contributed by atoms with van der Waals surface area (Å²) in [7, 11) is 0. The lowest BCUT2D eigenvalue weighted by molar-refractivity contribution is -0.141. The molecule has 1 saturated heterocycles. The van der Waals surface area contributed by atoms with Crippen molar-refractivity contribution >= 4 is 29.3 Å². The van der Waals surface area contributed by atoms with Crippen LogP contribution in [-0.4, -0.2) is 33.5 Å². The van der Waals surface area contributed by atoms with Gasteiger partial charge in [0.15, 0.2) is 5.82 Å². The molecule has 1 aromatic heterocycles. The van der Waals surface area contributed by atoms with E-state index in [1.807, 2.05) is 0 Å². The van der Waals surface area contributed by atoms with E-state index in [1.54, 1.807) is 0 Å². The monoisotopic (exact) mass is 241 g/mol. The van der Waals surface area contributed by atoms with Crippen molar-refractivity contribution in [3.63, 3.8) is 0 Å². The normalized spacial score (nSPS) is 20.2. The molecule has 1 unspecified atom stereocenters. The third kappa shape index (κ3) is 1.96. The quantitative estimate of drug-likeness (QED) is 0.818. The van der Waals surface area contributed by atoms with E-state index in [0.29, 0.717) is 5.82 Å². The van der Waals surface area contributed by atoms with Gasteiger partial charge in [0.2, 0.25) is 5.91 Å². The Morgan fingerprint density at radius 2 is 2.25 bits per heavy atom. The van der Waals surface area contributed by atoms with Gasteiger partial charge in [-0.15, -0.1) is 0 Å². The van der Waals surface area contributed by atoms with Gasteiger partial charge in [0, 0.05) is 13.0 Å². The number of carbonyl (C=O) groups excluding carboxylic acids is 1. The number of anilines is 1. The first kappa shape index (κ1) is 10.8. The van der Waals surface area contributed by atoms with Crippen molar-refractivity contribution < 1.29 is 14.7 Å². The van der Waals surface area contributed by atoms with Crippen LogP contribution < -0.4 is 4.90 Å². The Bertz CT molecular complexity index is 434.